The van der Waals surface area contributed by atoms with E-state index in [2.05, 4.69) is 15.5 Å². The summed E-state index contributed by atoms with van der Waals surface area (Å²) in [6.45, 7) is 4.69. The molecule has 27 heavy (non-hydrogen) atoms. The molecule has 140 valence electrons. The molecule has 1 aromatic heterocycles. The molecule has 3 rings (SSSR count). The van der Waals surface area contributed by atoms with Crippen LogP contribution in [0.3, 0.4) is 0 Å². The van der Waals surface area contributed by atoms with Gasteiger partial charge in [-0.3, -0.25) is 4.79 Å². The van der Waals surface area contributed by atoms with Crippen LogP contribution in [-0.2, 0) is 11.3 Å². The highest BCUT2D eigenvalue weighted by Gasteiger charge is 2.17. The van der Waals surface area contributed by atoms with E-state index in [1.807, 2.05) is 66.9 Å². The summed E-state index contributed by atoms with van der Waals surface area (Å²) in [5.41, 5.74) is 2.74. The van der Waals surface area contributed by atoms with Crippen LogP contribution in [0, 0.1) is 6.92 Å². The molecule has 7 heteroatoms. The number of methoxy groups -OCH3 is 1. The molecule has 0 aliphatic rings. The van der Waals surface area contributed by atoms with Gasteiger partial charge in [0, 0.05) is 12.2 Å². The normalized spacial score (nSPS) is 10.6. The Kier molecular flexibility index (Phi) is 6.13. The Morgan fingerprint density at radius 3 is 2.63 bits per heavy atom. The number of aromatic nitrogens is 3. The van der Waals surface area contributed by atoms with E-state index in [0.29, 0.717) is 11.7 Å². The molecule has 6 nitrogen and oxygen atoms in total. The SMILES string of the molecule is CCn1c(SCC(=O)Nc2ccccc2C)nnc1-c1ccccc1OC. The third kappa shape index (κ3) is 4.31. The smallest absolute Gasteiger partial charge is 0.234 e. The topological polar surface area (TPSA) is 69.0 Å². The molecule has 0 saturated heterocycles. The van der Waals surface area contributed by atoms with E-state index < -0.39 is 0 Å². The van der Waals surface area contributed by atoms with Crippen molar-refractivity contribution < 1.29 is 9.53 Å². The molecule has 1 N–H and O–H groups in total. The number of amides is 1. The van der Waals surface area contributed by atoms with Gasteiger partial charge in [0.1, 0.15) is 5.75 Å². The number of nitrogens with zero attached hydrogens (tertiary/aromatic N) is 3. The second kappa shape index (κ2) is 8.73. The monoisotopic (exact) mass is 382 g/mol. The fourth-order valence-corrected chi connectivity index (χ4v) is 3.54. The first kappa shape index (κ1) is 19.0. The van der Waals surface area contributed by atoms with Crippen LogP contribution in [0.4, 0.5) is 5.69 Å². The van der Waals surface area contributed by atoms with Gasteiger partial charge in [-0.2, -0.15) is 0 Å². The Morgan fingerprint density at radius 1 is 1.15 bits per heavy atom. The maximum Gasteiger partial charge on any atom is 0.234 e. The zero-order valence-electron chi connectivity index (χ0n) is 15.6. The minimum absolute atomic E-state index is 0.0706. The Bertz CT molecular complexity index is 939. The molecule has 0 radical (unpaired) electrons. The number of hydrogen-bond donors (Lipinski definition) is 1. The molecule has 0 unspecified atom stereocenters. The number of hydrogen-bond acceptors (Lipinski definition) is 5. The average molecular weight is 382 g/mol. The van der Waals surface area contributed by atoms with E-state index in [9.17, 15) is 4.79 Å². The molecule has 0 fully saturated rings. The van der Waals surface area contributed by atoms with Gasteiger partial charge in [0.15, 0.2) is 11.0 Å². The fraction of sp³-hybridized carbons (Fsp3) is 0.250. The third-order valence-electron chi connectivity index (χ3n) is 4.13. The Labute approximate surface area is 163 Å². The summed E-state index contributed by atoms with van der Waals surface area (Å²) >= 11 is 1.37. The zero-order valence-corrected chi connectivity index (χ0v) is 16.4. The van der Waals surface area contributed by atoms with Crippen molar-refractivity contribution in [3.63, 3.8) is 0 Å². The quantitative estimate of drug-likeness (QED) is 0.625. The lowest BCUT2D eigenvalue weighted by molar-refractivity contribution is -0.113. The van der Waals surface area contributed by atoms with Gasteiger partial charge in [-0.15, -0.1) is 10.2 Å². The van der Waals surface area contributed by atoms with Gasteiger partial charge in [0.25, 0.3) is 0 Å². The number of carbonyl (C=O) groups is 1. The highest BCUT2D eigenvalue weighted by atomic mass is 32.2. The summed E-state index contributed by atoms with van der Waals surface area (Å²) in [5, 5.41) is 12.2. The number of para-hydroxylation sites is 2. The molecule has 1 heterocycles. The van der Waals surface area contributed by atoms with E-state index in [0.717, 1.165) is 28.4 Å². The second-order valence-electron chi connectivity index (χ2n) is 5.90. The van der Waals surface area contributed by atoms with E-state index in [1.54, 1.807) is 7.11 Å². The van der Waals surface area contributed by atoms with E-state index >= 15 is 0 Å². The van der Waals surface area contributed by atoms with Gasteiger partial charge in [0.2, 0.25) is 5.91 Å². The van der Waals surface area contributed by atoms with Crippen molar-refractivity contribution in [3.05, 3.63) is 54.1 Å². The van der Waals surface area contributed by atoms with Gasteiger partial charge in [-0.1, -0.05) is 42.1 Å². The highest BCUT2D eigenvalue weighted by molar-refractivity contribution is 7.99. The van der Waals surface area contributed by atoms with E-state index in [1.165, 1.54) is 11.8 Å². The van der Waals surface area contributed by atoms with Gasteiger partial charge in [-0.05, 0) is 37.6 Å². The lowest BCUT2D eigenvalue weighted by Gasteiger charge is -2.10. The third-order valence-corrected chi connectivity index (χ3v) is 5.10. The summed E-state index contributed by atoms with van der Waals surface area (Å²) in [7, 11) is 1.64. The summed E-state index contributed by atoms with van der Waals surface area (Å²) < 4.78 is 7.42. The maximum atomic E-state index is 12.3. The van der Waals surface area contributed by atoms with Crippen LogP contribution >= 0.6 is 11.8 Å². The molecule has 2 aromatic carbocycles. The molecule has 0 atom stereocenters. The number of carbonyl (C=O) groups excluding carboxylic acids is 1. The molecular weight excluding hydrogens is 360 g/mol. The standard InChI is InChI=1S/C20H22N4O2S/c1-4-24-19(15-10-6-8-12-17(15)26-3)22-23-20(24)27-13-18(25)21-16-11-7-5-9-14(16)2/h5-12H,4,13H2,1-3H3,(H,21,25). The molecule has 0 aliphatic heterocycles. The Morgan fingerprint density at radius 2 is 1.89 bits per heavy atom. The van der Waals surface area contributed by atoms with Crippen molar-refractivity contribution in [1.82, 2.24) is 14.8 Å². The minimum Gasteiger partial charge on any atom is -0.496 e. The number of rotatable bonds is 7. The second-order valence-corrected chi connectivity index (χ2v) is 6.84. The van der Waals surface area contributed by atoms with Gasteiger partial charge >= 0.3 is 0 Å². The lowest BCUT2D eigenvalue weighted by Crippen LogP contribution is -2.15. The van der Waals surface area contributed by atoms with Crippen molar-refractivity contribution in [2.24, 2.45) is 0 Å². The van der Waals surface area contributed by atoms with E-state index in [-0.39, 0.29) is 11.7 Å². The largest absolute Gasteiger partial charge is 0.496 e. The molecule has 0 bridgehead atoms. The van der Waals surface area contributed by atoms with Crippen LogP contribution in [0.15, 0.2) is 53.7 Å². The molecule has 0 saturated carbocycles. The van der Waals surface area contributed by atoms with E-state index in [4.69, 9.17) is 4.74 Å². The first-order valence-electron chi connectivity index (χ1n) is 8.69. The van der Waals surface area contributed by atoms with Crippen molar-refractivity contribution >= 4 is 23.4 Å². The Hall–Kier alpha value is -2.80. The van der Waals surface area contributed by atoms with Gasteiger partial charge < -0.3 is 14.6 Å². The lowest BCUT2D eigenvalue weighted by atomic mass is 10.2. The number of thioether (sulfide) groups is 1. The Balaban J connectivity index is 1.74. The van der Waals surface area contributed by atoms with Crippen molar-refractivity contribution in [2.75, 3.05) is 18.2 Å². The number of ether oxygens (including phenoxy) is 1. The highest BCUT2D eigenvalue weighted by Crippen LogP contribution is 2.30. The summed E-state index contributed by atoms with van der Waals surface area (Å²) in [4.78, 5) is 12.3. The van der Waals surface area contributed by atoms with Crippen LogP contribution in [0.2, 0.25) is 0 Å². The first-order chi connectivity index (χ1) is 13.1. The average Bonchev–Trinajstić information content (AvgIpc) is 3.10. The van der Waals surface area contributed by atoms with Crippen LogP contribution in [0.1, 0.15) is 12.5 Å². The molecule has 3 aromatic rings. The van der Waals surface area contributed by atoms with Crippen LogP contribution < -0.4 is 10.1 Å². The number of anilines is 1. The first-order valence-corrected chi connectivity index (χ1v) is 9.67. The van der Waals surface area contributed by atoms with Gasteiger partial charge in [0.05, 0.1) is 18.4 Å². The minimum atomic E-state index is -0.0706. The summed E-state index contributed by atoms with van der Waals surface area (Å²) in [6.07, 6.45) is 0. The van der Waals surface area contributed by atoms with Gasteiger partial charge in [-0.25, -0.2) is 0 Å². The molecule has 0 spiro atoms. The number of benzene rings is 2. The molecule has 1 amide bonds. The van der Waals surface area contributed by atoms with Crippen molar-refractivity contribution in [2.45, 2.75) is 25.5 Å². The molecule has 0 aliphatic carbocycles. The van der Waals surface area contributed by atoms with Crippen molar-refractivity contribution in [3.8, 4) is 17.1 Å². The van der Waals surface area contributed by atoms with Crippen LogP contribution in [-0.4, -0.2) is 33.5 Å². The fourth-order valence-electron chi connectivity index (χ4n) is 2.74. The van der Waals surface area contributed by atoms with Crippen molar-refractivity contribution in [1.29, 1.82) is 0 Å². The zero-order chi connectivity index (χ0) is 19.2. The molecular formula is C20H22N4O2S. The summed E-state index contributed by atoms with van der Waals surface area (Å²) in [5.74, 6) is 1.67. The number of nitrogens with one attached hydrogen (secondary N) is 1. The van der Waals surface area contributed by atoms with Crippen LogP contribution in [0.25, 0.3) is 11.4 Å². The predicted molar refractivity (Wildman–Crippen MR) is 108 cm³/mol. The van der Waals surface area contributed by atoms with Crippen LogP contribution in [0.5, 0.6) is 5.75 Å². The predicted octanol–water partition coefficient (Wildman–Crippen LogP) is 4.01. The number of aryl methyl sites for hydroxylation is 1. The summed E-state index contributed by atoms with van der Waals surface area (Å²) in [6, 6.07) is 15.4. The maximum absolute atomic E-state index is 12.3.